The molecule has 6 nitrogen and oxygen atoms in total. The van der Waals surface area contributed by atoms with Gasteiger partial charge < -0.3 is 14.2 Å². The number of allylic oxidation sites excluding steroid dienone is 6. The molecule has 59 heavy (non-hydrogen) atoms. The van der Waals surface area contributed by atoms with Crippen LogP contribution in [0.4, 0.5) is 0 Å². The molecule has 0 rings (SSSR count). The maximum atomic E-state index is 12.7. The molecule has 0 saturated carbocycles. The normalized spacial score (nSPS) is 12.3. The molecule has 0 saturated heterocycles. The molecule has 0 fully saturated rings. The van der Waals surface area contributed by atoms with Crippen LogP contribution in [0.2, 0.25) is 0 Å². The Balaban J connectivity index is 4.29. The van der Waals surface area contributed by atoms with Crippen molar-refractivity contribution >= 4 is 17.9 Å². The van der Waals surface area contributed by atoms with E-state index in [1.807, 2.05) is 0 Å². The Labute approximate surface area is 365 Å². The molecule has 0 radical (unpaired) electrons. The Hall–Kier alpha value is -2.37. The molecular weight excluding hydrogens is 733 g/mol. The van der Waals surface area contributed by atoms with Crippen molar-refractivity contribution in [1.29, 1.82) is 0 Å². The van der Waals surface area contributed by atoms with Crippen LogP contribution in [-0.2, 0) is 28.6 Å². The van der Waals surface area contributed by atoms with Crippen molar-refractivity contribution in [2.24, 2.45) is 0 Å². The van der Waals surface area contributed by atoms with E-state index < -0.39 is 6.10 Å². The number of ether oxygens (including phenoxy) is 3. The minimum absolute atomic E-state index is 0.0743. The summed E-state index contributed by atoms with van der Waals surface area (Å²) in [6.07, 6.45) is 55.5. The Morgan fingerprint density at radius 2 is 0.610 bits per heavy atom. The first-order valence-corrected chi connectivity index (χ1v) is 25.5. The summed E-state index contributed by atoms with van der Waals surface area (Å²) in [5.74, 6) is -0.882. The van der Waals surface area contributed by atoms with Crippen molar-refractivity contribution in [2.45, 2.75) is 271 Å². The monoisotopic (exact) mass is 829 g/mol. The summed E-state index contributed by atoms with van der Waals surface area (Å²) in [7, 11) is 0. The van der Waals surface area contributed by atoms with Gasteiger partial charge in [0.05, 0.1) is 0 Å². The van der Waals surface area contributed by atoms with Crippen molar-refractivity contribution in [2.75, 3.05) is 13.2 Å². The van der Waals surface area contributed by atoms with Crippen LogP contribution in [0.3, 0.4) is 0 Å². The smallest absolute Gasteiger partial charge is 0.306 e. The van der Waals surface area contributed by atoms with Crippen molar-refractivity contribution in [3.63, 3.8) is 0 Å². The van der Waals surface area contributed by atoms with Gasteiger partial charge in [-0.25, -0.2) is 0 Å². The van der Waals surface area contributed by atoms with E-state index in [0.29, 0.717) is 19.3 Å². The van der Waals surface area contributed by atoms with Crippen LogP contribution in [-0.4, -0.2) is 37.2 Å². The van der Waals surface area contributed by atoms with Gasteiger partial charge in [0.2, 0.25) is 0 Å². The Kier molecular flexibility index (Phi) is 46.4. The molecule has 1 atom stereocenters. The topological polar surface area (TPSA) is 78.9 Å². The molecule has 0 aliphatic rings. The van der Waals surface area contributed by atoms with E-state index in [-0.39, 0.29) is 31.1 Å². The summed E-state index contributed by atoms with van der Waals surface area (Å²) in [4.78, 5) is 37.8. The second kappa shape index (κ2) is 48.3. The molecule has 0 spiro atoms. The molecule has 344 valence electrons. The third kappa shape index (κ3) is 46.5. The molecule has 0 aliphatic heterocycles. The molecule has 0 aromatic rings. The lowest BCUT2D eigenvalue weighted by Gasteiger charge is -2.18. The molecule has 0 bridgehead atoms. The summed E-state index contributed by atoms with van der Waals surface area (Å²) >= 11 is 0. The molecular formula is C53H96O6. The summed E-state index contributed by atoms with van der Waals surface area (Å²) in [6, 6.07) is 0. The van der Waals surface area contributed by atoms with Crippen LogP contribution < -0.4 is 0 Å². The number of hydrogen-bond acceptors (Lipinski definition) is 6. The maximum absolute atomic E-state index is 12.7. The molecule has 0 aromatic heterocycles. The predicted octanol–water partition coefficient (Wildman–Crippen LogP) is 16.5. The second-order valence-electron chi connectivity index (χ2n) is 17.1. The number of unbranched alkanes of at least 4 members (excludes halogenated alkanes) is 29. The zero-order valence-electron chi connectivity index (χ0n) is 39.3. The van der Waals surface area contributed by atoms with E-state index in [2.05, 4.69) is 57.2 Å². The molecule has 0 amide bonds. The number of rotatable bonds is 46. The van der Waals surface area contributed by atoms with Gasteiger partial charge in [0.25, 0.3) is 0 Å². The fraction of sp³-hybridized carbons (Fsp3) is 0.830. The van der Waals surface area contributed by atoms with Crippen LogP contribution in [0.5, 0.6) is 0 Å². The number of carbonyl (C=O) groups excluding carboxylic acids is 3. The van der Waals surface area contributed by atoms with Gasteiger partial charge in [-0.05, 0) is 77.0 Å². The Morgan fingerprint density at radius 3 is 0.983 bits per heavy atom. The zero-order chi connectivity index (χ0) is 43.0. The van der Waals surface area contributed by atoms with E-state index in [9.17, 15) is 14.4 Å². The minimum Gasteiger partial charge on any atom is -0.462 e. The lowest BCUT2D eigenvalue weighted by Crippen LogP contribution is -2.30. The fourth-order valence-electron chi connectivity index (χ4n) is 7.23. The van der Waals surface area contributed by atoms with Crippen LogP contribution in [0.1, 0.15) is 265 Å². The van der Waals surface area contributed by atoms with Gasteiger partial charge >= 0.3 is 17.9 Å². The standard InChI is InChI=1S/C53H96O6/c1-4-7-10-13-16-19-22-24-25-26-27-28-29-30-32-34-37-40-43-46-52(55)58-49-50(48-57-51(54)45-42-39-36-33-21-18-15-12-9-6-3)59-53(56)47-44-41-38-35-31-23-20-17-14-11-8-5-2/h16-17,19-20,24-25,50H,4-15,18,21-23,26-49H2,1-3H3/b19-16-,20-17-,25-24-/t50-/m1/s1. The lowest BCUT2D eigenvalue weighted by atomic mass is 10.1. The first kappa shape index (κ1) is 56.6. The number of esters is 3. The van der Waals surface area contributed by atoms with Crippen molar-refractivity contribution in [1.82, 2.24) is 0 Å². The zero-order valence-corrected chi connectivity index (χ0v) is 39.3. The molecule has 0 N–H and O–H groups in total. The SMILES string of the molecule is CCCCC/C=C\C/C=C\CCCCCCCCCCCC(=O)OC[C@@H](COC(=O)CCCCCCCCCCCC)OC(=O)CCCCCCC/C=C\CCCCC. The van der Waals surface area contributed by atoms with E-state index in [0.717, 1.165) is 77.0 Å². The molecule has 0 heterocycles. The molecule has 6 heteroatoms. The highest BCUT2D eigenvalue weighted by Crippen LogP contribution is 2.15. The summed E-state index contributed by atoms with van der Waals surface area (Å²) in [6.45, 7) is 6.58. The first-order chi connectivity index (χ1) is 29.0. The second-order valence-corrected chi connectivity index (χ2v) is 17.1. The largest absolute Gasteiger partial charge is 0.462 e. The van der Waals surface area contributed by atoms with Crippen LogP contribution >= 0.6 is 0 Å². The maximum Gasteiger partial charge on any atom is 0.306 e. The minimum atomic E-state index is -0.773. The van der Waals surface area contributed by atoms with Crippen molar-refractivity contribution in [3.05, 3.63) is 36.5 Å². The van der Waals surface area contributed by atoms with Crippen LogP contribution in [0.25, 0.3) is 0 Å². The summed E-state index contributed by atoms with van der Waals surface area (Å²) in [5, 5.41) is 0. The van der Waals surface area contributed by atoms with E-state index >= 15 is 0 Å². The van der Waals surface area contributed by atoms with Gasteiger partial charge in [-0.15, -0.1) is 0 Å². The van der Waals surface area contributed by atoms with E-state index in [4.69, 9.17) is 14.2 Å². The van der Waals surface area contributed by atoms with Gasteiger partial charge in [-0.2, -0.15) is 0 Å². The summed E-state index contributed by atoms with van der Waals surface area (Å²) in [5.41, 5.74) is 0. The van der Waals surface area contributed by atoms with Crippen molar-refractivity contribution in [3.8, 4) is 0 Å². The quantitative estimate of drug-likeness (QED) is 0.0263. The third-order valence-corrected chi connectivity index (χ3v) is 11.1. The highest BCUT2D eigenvalue weighted by molar-refractivity contribution is 5.71. The highest BCUT2D eigenvalue weighted by Gasteiger charge is 2.19. The highest BCUT2D eigenvalue weighted by atomic mass is 16.6. The van der Waals surface area contributed by atoms with Gasteiger partial charge in [0.15, 0.2) is 6.10 Å². The number of carbonyl (C=O) groups is 3. The van der Waals surface area contributed by atoms with Gasteiger partial charge in [0, 0.05) is 19.3 Å². The average molecular weight is 829 g/mol. The fourth-order valence-corrected chi connectivity index (χ4v) is 7.23. The number of hydrogen-bond donors (Lipinski definition) is 0. The Bertz CT molecular complexity index is 1000. The molecule has 0 aromatic carbocycles. The third-order valence-electron chi connectivity index (χ3n) is 11.1. The van der Waals surface area contributed by atoms with E-state index in [1.165, 1.54) is 148 Å². The summed E-state index contributed by atoms with van der Waals surface area (Å²) < 4.78 is 16.8. The lowest BCUT2D eigenvalue weighted by molar-refractivity contribution is -0.167. The Morgan fingerprint density at radius 1 is 0.339 bits per heavy atom. The van der Waals surface area contributed by atoms with Crippen molar-refractivity contribution < 1.29 is 28.6 Å². The molecule has 0 unspecified atom stereocenters. The molecule has 0 aliphatic carbocycles. The average Bonchev–Trinajstić information content (AvgIpc) is 3.23. The van der Waals surface area contributed by atoms with Gasteiger partial charge in [0.1, 0.15) is 13.2 Å². The van der Waals surface area contributed by atoms with Gasteiger partial charge in [-0.1, -0.05) is 205 Å². The van der Waals surface area contributed by atoms with E-state index in [1.54, 1.807) is 0 Å². The predicted molar refractivity (Wildman–Crippen MR) is 252 cm³/mol. The first-order valence-electron chi connectivity index (χ1n) is 25.5. The van der Waals surface area contributed by atoms with Crippen LogP contribution in [0.15, 0.2) is 36.5 Å². The van der Waals surface area contributed by atoms with Gasteiger partial charge in [-0.3, -0.25) is 14.4 Å². The van der Waals surface area contributed by atoms with Crippen LogP contribution in [0, 0.1) is 0 Å².